The number of benzene rings is 2. The van der Waals surface area contributed by atoms with Crippen LogP contribution in [0.2, 0.25) is 5.02 Å². The van der Waals surface area contributed by atoms with Gasteiger partial charge in [-0.15, -0.1) is 0 Å². The van der Waals surface area contributed by atoms with E-state index in [1.54, 1.807) is 36.4 Å². The summed E-state index contributed by atoms with van der Waals surface area (Å²) in [5, 5.41) is 11.0. The monoisotopic (exact) mass is 452 g/mol. The van der Waals surface area contributed by atoms with Crippen LogP contribution in [0.15, 0.2) is 62.6 Å². The average molecular weight is 453 g/mol. The van der Waals surface area contributed by atoms with Crippen LogP contribution in [0, 0.1) is 6.92 Å². The second-order valence-electron chi connectivity index (χ2n) is 6.98. The summed E-state index contributed by atoms with van der Waals surface area (Å²) in [5.74, 6) is -1.19. The highest BCUT2D eigenvalue weighted by Crippen LogP contribution is 2.12. The molecule has 0 aliphatic carbocycles. The minimum Gasteiger partial charge on any atom is -0.344 e. The summed E-state index contributed by atoms with van der Waals surface area (Å²) >= 11 is 5.94. The van der Waals surface area contributed by atoms with E-state index in [0.717, 1.165) is 20.4 Å². The van der Waals surface area contributed by atoms with E-state index in [0.29, 0.717) is 10.7 Å². The maximum absolute atomic E-state index is 12.6. The number of aromatic nitrogens is 5. The van der Waals surface area contributed by atoms with E-state index in [9.17, 15) is 14.4 Å². The van der Waals surface area contributed by atoms with Crippen molar-refractivity contribution in [1.82, 2.24) is 29.8 Å². The van der Waals surface area contributed by atoms with Gasteiger partial charge in [-0.3, -0.25) is 14.2 Å². The van der Waals surface area contributed by atoms with Gasteiger partial charge >= 0.3 is 17.5 Å². The summed E-state index contributed by atoms with van der Waals surface area (Å²) in [4.78, 5) is 41.5. The molecule has 2 aromatic carbocycles. The van der Waals surface area contributed by atoms with Crippen LogP contribution < -0.4 is 16.6 Å². The third kappa shape index (κ3) is 4.21. The molecule has 0 atom stereocenters. The lowest BCUT2D eigenvalue weighted by atomic mass is 10.2. The van der Waals surface area contributed by atoms with Crippen molar-refractivity contribution in [3.05, 3.63) is 91.4 Å². The molecule has 11 heteroatoms. The van der Waals surface area contributed by atoms with Gasteiger partial charge in [-0.2, -0.15) is 14.8 Å². The fourth-order valence-corrected chi connectivity index (χ4v) is 3.10. The third-order valence-electron chi connectivity index (χ3n) is 4.63. The quantitative estimate of drug-likeness (QED) is 0.490. The van der Waals surface area contributed by atoms with E-state index in [-0.39, 0.29) is 24.0 Å². The fourth-order valence-electron chi connectivity index (χ4n) is 2.88. The van der Waals surface area contributed by atoms with E-state index < -0.39 is 17.2 Å². The Labute approximate surface area is 186 Å². The Morgan fingerprint density at radius 1 is 1.16 bits per heavy atom. The molecule has 0 unspecified atom stereocenters. The van der Waals surface area contributed by atoms with Gasteiger partial charge in [0.25, 0.3) is 5.56 Å². The van der Waals surface area contributed by atoms with E-state index >= 15 is 0 Å². The van der Waals surface area contributed by atoms with Gasteiger partial charge in [-0.25, -0.2) is 4.79 Å². The molecule has 2 heterocycles. The van der Waals surface area contributed by atoms with Crippen LogP contribution in [0.4, 0.5) is 0 Å². The van der Waals surface area contributed by atoms with Crippen molar-refractivity contribution in [2.45, 2.75) is 13.5 Å². The lowest BCUT2D eigenvalue weighted by Crippen LogP contribution is -2.40. The van der Waals surface area contributed by atoms with Gasteiger partial charge in [-0.05, 0) is 36.8 Å². The van der Waals surface area contributed by atoms with Crippen LogP contribution in [-0.2, 0) is 13.6 Å². The number of amides is 1. The molecule has 1 N–H and O–H groups in total. The molecular formula is C21H17ClN6O4. The summed E-state index contributed by atoms with van der Waals surface area (Å²) in [6.45, 7) is 2.10. The van der Waals surface area contributed by atoms with Crippen LogP contribution in [0.5, 0.6) is 0 Å². The van der Waals surface area contributed by atoms with Crippen molar-refractivity contribution in [2.24, 2.45) is 7.05 Å². The SMILES string of the molecule is Cc1ccc(-n2nc(-c3noc(C(=O)NCc4cccc(Cl)c4)n3)c(=O)n(C)c2=O)cc1. The molecule has 0 spiro atoms. The number of halogens is 1. The largest absolute Gasteiger partial charge is 0.351 e. The maximum Gasteiger partial charge on any atom is 0.351 e. The molecule has 162 valence electrons. The number of carbonyl (C=O) groups excluding carboxylic acids is 1. The van der Waals surface area contributed by atoms with Crippen molar-refractivity contribution in [3.8, 4) is 17.2 Å². The van der Waals surface area contributed by atoms with Crippen LogP contribution in [-0.4, -0.2) is 30.4 Å². The Bertz CT molecular complexity index is 1420. The third-order valence-corrected chi connectivity index (χ3v) is 4.86. The number of hydrogen-bond acceptors (Lipinski definition) is 7. The van der Waals surface area contributed by atoms with Gasteiger partial charge in [-0.1, -0.05) is 46.6 Å². The molecule has 1 amide bonds. The van der Waals surface area contributed by atoms with Crippen molar-refractivity contribution in [3.63, 3.8) is 0 Å². The molecule has 2 aromatic heterocycles. The molecule has 4 rings (SSSR count). The van der Waals surface area contributed by atoms with Crippen molar-refractivity contribution in [2.75, 3.05) is 0 Å². The van der Waals surface area contributed by atoms with Gasteiger partial charge in [0.05, 0.1) is 5.69 Å². The molecule has 0 aliphatic rings. The fraction of sp³-hybridized carbons (Fsp3) is 0.143. The van der Waals surface area contributed by atoms with Crippen LogP contribution in [0.1, 0.15) is 21.8 Å². The molecule has 0 fully saturated rings. The lowest BCUT2D eigenvalue weighted by Gasteiger charge is -2.08. The summed E-state index contributed by atoms with van der Waals surface area (Å²) in [6, 6.07) is 14.0. The van der Waals surface area contributed by atoms with E-state index in [1.165, 1.54) is 7.05 Å². The number of nitrogens with one attached hydrogen (secondary N) is 1. The molecule has 0 aliphatic heterocycles. The number of aryl methyl sites for hydroxylation is 1. The smallest absolute Gasteiger partial charge is 0.344 e. The molecule has 0 bridgehead atoms. The Kier molecular flexibility index (Phi) is 5.69. The van der Waals surface area contributed by atoms with Crippen molar-refractivity contribution < 1.29 is 9.32 Å². The molecule has 0 saturated carbocycles. The summed E-state index contributed by atoms with van der Waals surface area (Å²) in [6.07, 6.45) is 0. The van der Waals surface area contributed by atoms with Crippen LogP contribution in [0.3, 0.4) is 0 Å². The maximum atomic E-state index is 12.6. The zero-order valence-corrected chi connectivity index (χ0v) is 17.8. The summed E-state index contributed by atoms with van der Waals surface area (Å²) in [5.41, 5.74) is 0.658. The van der Waals surface area contributed by atoms with Crippen molar-refractivity contribution in [1.29, 1.82) is 0 Å². The number of rotatable bonds is 5. The molecule has 0 saturated heterocycles. The predicted octanol–water partition coefficient (Wildman–Crippen LogP) is 1.87. The second-order valence-corrected chi connectivity index (χ2v) is 7.41. The minimum absolute atomic E-state index is 0.190. The van der Waals surface area contributed by atoms with E-state index in [2.05, 4.69) is 20.6 Å². The van der Waals surface area contributed by atoms with Crippen LogP contribution in [0.25, 0.3) is 17.2 Å². The Hall–Kier alpha value is -4.05. The minimum atomic E-state index is -0.718. The van der Waals surface area contributed by atoms with Gasteiger partial charge in [0, 0.05) is 18.6 Å². The first-order valence-corrected chi connectivity index (χ1v) is 9.85. The average Bonchev–Trinajstić information content (AvgIpc) is 3.27. The topological polar surface area (TPSA) is 125 Å². The van der Waals surface area contributed by atoms with Crippen molar-refractivity contribution >= 4 is 17.5 Å². The lowest BCUT2D eigenvalue weighted by molar-refractivity contribution is 0.0907. The molecular weight excluding hydrogens is 436 g/mol. The first-order chi connectivity index (χ1) is 15.3. The molecule has 10 nitrogen and oxygen atoms in total. The zero-order chi connectivity index (χ0) is 22.8. The number of hydrogen-bond donors (Lipinski definition) is 1. The zero-order valence-electron chi connectivity index (χ0n) is 17.1. The Balaban J connectivity index is 1.63. The second kappa shape index (κ2) is 8.60. The van der Waals surface area contributed by atoms with Gasteiger partial charge < -0.3 is 9.84 Å². The molecule has 32 heavy (non-hydrogen) atoms. The number of carbonyl (C=O) groups is 1. The van der Waals surface area contributed by atoms with E-state index in [4.69, 9.17) is 16.1 Å². The Morgan fingerprint density at radius 2 is 1.91 bits per heavy atom. The first kappa shape index (κ1) is 21.2. The summed E-state index contributed by atoms with van der Waals surface area (Å²) < 4.78 is 6.95. The predicted molar refractivity (Wildman–Crippen MR) is 116 cm³/mol. The molecule has 4 aromatic rings. The van der Waals surface area contributed by atoms with Gasteiger partial charge in [0.1, 0.15) is 0 Å². The normalized spacial score (nSPS) is 10.8. The summed E-state index contributed by atoms with van der Waals surface area (Å²) in [7, 11) is 1.32. The highest BCUT2D eigenvalue weighted by Gasteiger charge is 2.21. The highest BCUT2D eigenvalue weighted by atomic mass is 35.5. The van der Waals surface area contributed by atoms with Gasteiger partial charge in [0.2, 0.25) is 5.82 Å². The van der Waals surface area contributed by atoms with Gasteiger partial charge in [0.15, 0.2) is 5.69 Å². The Morgan fingerprint density at radius 3 is 2.62 bits per heavy atom. The van der Waals surface area contributed by atoms with Crippen LogP contribution >= 0.6 is 11.6 Å². The molecule has 0 radical (unpaired) electrons. The standard InChI is InChI=1S/C21H17ClN6O4/c1-12-6-8-15(9-7-12)28-21(31)27(2)20(30)16(25-28)17-24-19(32-26-17)18(29)23-11-13-4-3-5-14(22)10-13/h3-10H,11H2,1-2H3,(H,23,29). The van der Waals surface area contributed by atoms with E-state index in [1.807, 2.05) is 19.1 Å². The first-order valence-electron chi connectivity index (χ1n) is 9.47. The highest BCUT2D eigenvalue weighted by molar-refractivity contribution is 6.30. The number of nitrogens with zero attached hydrogens (tertiary/aromatic N) is 5.